The lowest BCUT2D eigenvalue weighted by Gasteiger charge is -2.37. The minimum absolute atomic E-state index is 0. The fourth-order valence-electron chi connectivity index (χ4n) is 2.76. The number of piperazine rings is 1. The average molecular weight is 378 g/mol. The maximum atomic E-state index is 12.1. The van der Waals surface area contributed by atoms with Crippen molar-refractivity contribution in [2.75, 3.05) is 57.9 Å². The van der Waals surface area contributed by atoms with Crippen LogP contribution >= 0.6 is 24.8 Å². The van der Waals surface area contributed by atoms with E-state index >= 15 is 0 Å². The van der Waals surface area contributed by atoms with E-state index in [1.807, 2.05) is 4.90 Å². The Balaban J connectivity index is 0.00000264. The first-order valence-electron chi connectivity index (χ1n) is 7.92. The van der Waals surface area contributed by atoms with Gasteiger partial charge in [0.25, 0.3) is 0 Å². The van der Waals surface area contributed by atoms with Gasteiger partial charge in [0, 0.05) is 45.5 Å². The first-order chi connectivity index (χ1) is 10.6. The van der Waals surface area contributed by atoms with E-state index in [4.69, 9.17) is 4.74 Å². The van der Waals surface area contributed by atoms with Crippen LogP contribution in [0.2, 0.25) is 0 Å². The molecule has 0 spiro atoms. The zero-order valence-corrected chi connectivity index (χ0v) is 16.3. The van der Waals surface area contributed by atoms with Gasteiger partial charge in [-0.3, -0.25) is 4.79 Å². The third-order valence-corrected chi connectivity index (χ3v) is 4.31. The van der Waals surface area contributed by atoms with Crippen molar-refractivity contribution in [3.05, 3.63) is 29.3 Å². The third kappa shape index (κ3) is 6.13. The summed E-state index contributed by atoms with van der Waals surface area (Å²) in [7, 11) is 1.66. The molecule has 5 nitrogen and oxygen atoms in total. The molecule has 0 radical (unpaired) electrons. The minimum Gasteiger partial charge on any atom is -0.383 e. The second-order valence-corrected chi connectivity index (χ2v) is 5.76. The highest BCUT2D eigenvalue weighted by atomic mass is 35.5. The highest BCUT2D eigenvalue weighted by molar-refractivity contribution is 5.85. The molecule has 0 unspecified atom stereocenters. The fraction of sp³-hybridized carbons (Fsp3) is 0.588. The number of nitrogens with zero attached hydrogens (tertiary/aromatic N) is 2. The number of amides is 1. The third-order valence-electron chi connectivity index (χ3n) is 4.31. The minimum atomic E-state index is 0. The molecular formula is C17H29Cl2N3O2. The maximum Gasteiger partial charge on any atom is 0.236 e. The molecule has 0 aromatic heterocycles. The summed E-state index contributed by atoms with van der Waals surface area (Å²) in [6.45, 7) is 9.43. The van der Waals surface area contributed by atoms with Gasteiger partial charge in [-0.2, -0.15) is 0 Å². The van der Waals surface area contributed by atoms with Crippen molar-refractivity contribution in [2.24, 2.45) is 0 Å². The summed E-state index contributed by atoms with van der Waals surface area (Å²) in [6.07, 6.45) is 0. The average Bonchev–Trinajstić information content (AvgIpc) is 2.54. The van der Waals surface area contributed by atoms with Gasteiger partial charge in [0.1, 0.15) is 0 Å². The Morgan fingerprint density at radius 3 is 2.46 bits per heavy atom. The number of hydrogen-bond donors (Lipinski definition) is 1. The van der Waals surface area contributed by atoms with Gasteiger partial charge in [-0.05, 0) is 31.0 Å². The summed E-state index contributed by atoms with van der Waals surface area (Å²) in [5.74, 6) is 0.178. The van der Waals surface area contributed by atoms with Gasteiger partial charge in [0.05, 0.1) is 13.2 Å². The van der Waals surface area contributed by atoms with Crippen molar-refractivity contribution in [2.45, 2.75) is 13.8 Å². The molecule has 1 aliphatic rings. The van der Waals surface area contributed by atoms with Crippen LogP contribution in [0.1, 0.15) is 11.1 Å². The number of rotatable bonds is 6. The van der Waals surface area contributed by atoms with Crippen LogP contribution in [-0.4, -0.2) is 63.8 Å². The zero-order valence-electron chi connectivity index (χ0n) is 14.7. The van der Waals surface area contributed by atoms with Crippen molar-refractivity contribution in [3.63, 3.8) is 0 Å². The molecule has 1 amide bonds. The second-order valence-electron chi connectivity index (χ2n) is 5.76. The number of benzene rings is 1. The zero-order chi connectivity index (χ0) is 15.9. The molecular weight excluding hydrogens is 349 g/mol. The van der Waals surface area contributed by atoms with E-state index in [1.54, 1.807) is 7.11 Å². The Hall–Kier alpha value is -1.01. The lowest BCUT2D eigenvalue weighted by Crippen LogP contribution is -2.51. The Kier molecular flexibility index (Phi) is 11.0. The van der Waals surface area contributed by atoms with E-state index < -0.39 is 0 Å². The number of methoxy groups -OCH3 is 1. The number of anilines is 1. The summed E-state index contributed by atoms with van der Waals surface area (Å²) < 4.78 is 4.96. The van der Waals surface area contributed by atoms with Gasteiger partial charge < -0.3 is 19.9 Å². The van der Waals surface area contributed by atoms with Gasteiger partial charge in [-0.15, -0.1) is 24.8 Å². The molecule has 1 aromatic carbocycles. The lowest BCUT2D eigenvalue weighted by atomic mass is 10.1. The quantitative estimate of drug-likeness (QED) is 0.770. The molecule has 0 saturated carbocycles. The van der Waals surface area contributed by atoms with Crippen LogP contribution in [0, 0.1) is 13.8 Å². The molecule has 1 N–H and O–H groups in total. The number of carbonyl (C=O) groups excluding carboxylic acids is 1. The first-order valence-corrected chi connectivity index (χ1v) is 7.92. The monoisotopic (exact) mass is 377 g/mol. The van der Waals surface area contributed by atoms with Gasteiger partial charge in [-0.25, -0.2) is 0 Å². The number of carbonyl (C=O) groups is 1. The van der Waals surface area contributed by atoms with Crippen LogP contribution in [0.25, 0.3) is 0 Å². The van der Waals surface area contributed by atoms with Gasteiger partial charge in [0.2, 0.25) is 5.91 Å². The second kappa shape index (κ2) is 11.5. The standard InChI is InChI=1S/C17H27N3O2.2ClH/c1-14-5-4-6-16(15(14)2)19-8-10-20(11-9-19)17(21)13-18-7-12-22-3;;/h4-6,18H,7-13H2,1-3H3;2*1H. The van der Waals surface area contributed by atoms with Crippen molar-refractivity contribution < 1.29 is 9.53 Å². The largest absolute Gasteiger partial charge is 0.383 e. The van der Waals surface area contributed by atoms with E-state index in [-0.39, 0.29) is 30.7 Å². The SMILES string of the molecule is COCCNCC(=O)N1CCN(c2cccc(C)c2C)CC1.Cl.Cl. The van der Waals surface area contributed by atoms with Gasteiger partial charge >= 0.3 is 0 Å². The fourth-order valence-corrected chi connectivity index (χ4v) is 2.76. The van der Waals surface area contributed by atoms with Gasteiger partial charge in [-0.1, -0.05) is 12.1 Å². The van der Waals surface area contributed by atoms with Crippen molar-refractivity contribution in [3.8, 4) is 0 Å². The number of hydrogen-bond acceptors (Lipinski definition) is 4. The van der Waals surface area contributed by atoms with E-state index in [2.05, 4.69) is 42.3 Å². The topological polar surface area (TPSA) is 44.8 Å². The molecule has 1 fully saturated rings. The van der Waals surface area contributed by atoms with E-state index in [1.165, 1.54) is 16.8 Å². The maximum absolute atomic E-state index is 12.1. The number of ether oxygens (including phenoxy) is 1. The predicted molar refractivity (Wildman–Crippen MR) is 104 cm³/mol. The lowest BCUT2D eigenvalue weighted by molar-refractivity contribution is -0.130. The number of halogens is 2. The molecule has 1 aromatic rings. The Morgan fingerprint density at radius 1 is 1.17 bits per heavy atom. The van der Waals surface area contributed by atoms with Crippen LogP contribution in [0.5, 0.6) is 0 Å². The summed E-state index contributed by atoms with van der Waals surface area (Å²) in [5, 5.41) is 3.11. The predicted octanol–water partition coefficient (Wildman–Crippen LogP) is 2.03. The summed E-state index contributed by atoms with van der Waals surface area (Å²) in [4.78, 5) is 16.5. The summed E-state index contributed by atoms with van der Waals surface area (Å²) >= 11 is 0. The van der Waals surface area contributed by atoms with E-state index in [0.717, 1.165) is 26.2 Å². The highest BCUT2D eigenvalue weighted by Crippen LogP contribution is 2.23. The van der Waals surface area contributed by atoms with Gasteiger partial charge in [0.15, 0.2) is 0 Å². The van der Waals surface area contributed by atoms with Crippen molar-refractivity contribution in [1.29, 1.82) is 0 Å². The molecule has 1 aliphatic heterocycles. The first kappa shape index (κ1) is 23.0. The highest BCUT2D eigenvalue weighted by Gasteiger charge is 2.21. The summed E-state index contributed by atoms with van der Waals surface area (Å²) in [6, 6.07) is 6.42. The molecule has 7 heteroatoms. The van der Waals surface area contributed by atoms with Crippen molar-refractivity contribution >= 4 is 36.4 Å². The van der Waals surface area contributed by atoms with E-state index in [9.17, 15) is 4.79 Å². The molecule has 0 atom stereocenters. The van der Waals surface area contributed by atoms with Crippen molar-refractivity contribution in [1.82, 2.24) is 10.2 Å². The summed E-state index contributed by atoms with van der Waals surface area (Å²) in [5.41, 5.74) is 3.95. The molecule has 24 heavy (non-hydrogen) atoms. The van der Waals surface area contributed by atoms with Crippen LogP contribution in [0.3, 0.4) is 0 Å². The van der Waals surface area contributed by atoms with Crippen LogP contribution in [-0.2, 0) is 9.53 Å². The molecule has 1 heterocycles. The van der Waals surface area contributed by atoms with Crippen LogP contribution in [0.4, 0.5) is 5.69 Å². The molecule has 1 saturated heterocycles. The number of nitrogens with one attached hydrogen (secondary N) is 1. The Morgan fingerprint density at radius 2 is 1.83 bits per heavy atom. The Labute approximate surface area is 157 Å². The molecule has 2 rings (SSSR count). The van der Waals surface area contributed by atoms with Crippen LogP contribution in [0.15, 0.2) is 18.2 Å². The molecule has 0 bridgehead atoms. The van der Waals surface area contributed by atoms with E-state index in [0.29, 0.717) is 19.7 Å². The molecule has 0 aliphatic carbocycles. The number of aryl methyl sites for hydroxylation is 1. The Bertz CT molecular complexity index is 507. The van der Waals surface area contributed by atoms with Crippen LogP contribution < -0.4 is 10.2 Å². The smallest absolute Gasteiger partial charge is 0.236 e. The molecule has 138 valence electrons. The normalized spacial score (nSPS) is 14.0.